The number of rotatable bonds is 6. The number of para-hydroxylation sites is 1. The normalized spacial score (nSPS) is 18.0. The van der Waals surface area contributed by atoms with Crippen molar-refractivity contribution >= 4 is 27.8 Å². The van der Waals surface area contributed by atoms with E-state index >= 15 is 0 Å². The number of aliphatic hydroxyl groups excluding tert-OH is 1. The second kappa shape index (κ2) is 9.33. The minimum Gasteiger partial charge on any atom is -0.484 e. The maximum absolute atomic E-state index is 12.9. The third kappa shape index (κ3) is 3.94. The van der Waals surface area contributed by atoms with Crippen molar-refractivity contribution in [2.75, 3.05) is 19.7 Å². The minimum absolute atomic E-state index is 0.00320. The topological polar surface area (TPSA) is 80.7 Å². The number of aliphatic hydroxyl groups is 1. The number of amides is 1. The molecule has 4 heterocycles. The van der Waals surface area contributed by atoms with Crippen molar-refractivity contribution in [2.24, 2.45) is 5.92 Å². The molecule has 7 rings (SSSR count). The number of imidazole rings is 1. The van der Waals surface area contributed by atoms with E-state index in [4.69, 9.17) is 9.15 Å². The lowest BCUT2D eigenvalue weighted by Gasteiger charge is -2.35. The molecule has 3 aromatic carbocycles. The van der Waals surface area contributed by atoms with Crippen LogP contribution in [0.2, 0.25) is 0 Å². The molecule has 2 atom stereocenters. The number of nitrogens with zero attached hydrogens (tertiary/aromatic N) is 3. The summed E-state index contributed by atoms with van der Waals surface area (Å²) in [6.45, 7) is 1.26. The molecule has 1 N–H and O–H groups in total. The second-order valence-electron chi connectivity index (χ2n) is 10.4. The second-order valence-corrected chi connectivity index (χ2v) is 10.4. The van der Waals surface area contributed by atoms with Gasteiger partial charge in [0.1, 0.15) is 16.9 Å². The van der Waals surface area contributed by atoms with Crippen LogP contribution in [-0.4, -0.2) is 51.3 Å². The molecule has 2 aliphatic rings. The molecule has 0 saturated carbocycles. The van der Waals surface area contributed by atoms with Crippen molar-refractivity contribution in [2.45, 2.75) is 31.4 Å². The highest BCUT2D eigenvalue weighted by molar-refractivity contribution is 6.05. The van der Waals surface area contributed by atoms with E-state index < -0.39 is 6.10 Å². The molecule has 1 saturated heterocycles. The van der Waals surface area contributed by atoms with Crippen LogP contribution in [0.15, 0.2) is 83.7 Å². The zero-order chi connectivity index (χ0) is 25.6. The van der Waals surface area contributed by atoms with Gasteiger partial charge in [-0.25, -0.2) is 4.98 Å². The molecule has 7 heteroatoms. The maximum atomic E-state index is 12.9. The van der Waals surface area contributed by atoms with E-state index in [2.05, 4.69) is 27.8 Å². The standard InChI is InChI=1S/C31H29N3O4/c35-28(16-26-22-5-1-2-6-23(22)27-17-32-19-34(26)27)20-11-13-33(14-12-20)31(36)18-37-21-9-10-30-25(15-21)24-7-3-4-8-29(24)38-30/h1-10,15,17,19-20,26,28,35H,11-14,16,18H2. The van der Waals surface area contributed by atoms with E-state index in [0.717, 1.165) is 40.5 Å². The summed E-state index contributed by atoms with van der Waals surface area (Å²) in [5.41, 5.74) is 5.19. The fraction of sp³-hybridized carbons (Fsp3) is 0.290. The molecule has 0 aliphatic carbocycles. The number of aromatic nitrogens is 2. The van der Waals surface area contributed by atoms with Crippen molar-refractivity contribution in [1.82, 2.24) is 14.5 Å². The van der Waals surface area contributed by atoms with Crippen LogP contribution in [0.5, 0.6) is 5.75 Å². The molecule has 192 valence electrons. The smallest absolute Gasteiger partial charge is 0.260 e. The number of benzene rings is 3. The summed E-state index contributed by atoms with van der Waals surface area (Å²) in [7, 11) is 0. The van der Waals surface area contributed by atoms with Gasteiger partial charge in [-0.1, -0.05) is 42.5 Å². The summed E-state index contributed by atoms with van der Waals surface area (Å²) in [5.74, 6) is 0.790. The van der Waals surface area contributed by atoms with E-state index in [1.165, 1.54) is 11.1 Å². The molecule has 2 unspecified atom stereocenters. The van der Waals surface area contributed by atoms with Crippen LogP contribution in [0.25, 0.3) is 33.2 Å². The molecule has 0 bridgehead atoms. The molecular weight excluding hydrogens is 478 g/mol. The van der Waals surface area contributed by atoms with Gasteiger partial charge in [0, 0.05) is 29.4 Å². The molecule has 1 amide bonds. The van der Waals surface area contributed by atoms with E-state index in [0.29, 0.717) is 25.3 Å². The van der Waals surface area contributed by atoms with Gasteiger partial charge in [-0.15, -0.1) is 0 Å². The quantitative estimate of drug-likeness (QED) is 0.332. The Morgan fingerprint density at radius 3 is 2.71 bits per heavy atom. The highest BCUT2D eigenvalue weighted by atomic mass is 16.5. The predicted octanol–water partition coefficient (Wildman–Crippen LogP) is 5.42. The lowest BCUT2D eigenvalue weighted by molar-refractivity contribution is -0.135. The van der Waals surface area contributed by atoms with Crippen LogP contribution in [0.3, 0.4) is 0 Å². The van der Waals surface area contributed by atoms with Gasteiger partial charge < -0.3 is 23.7 Å². The number of likely N-dealkylation sites (tertiary alicyclic amines) is 1. The first-order chi connectivity index (χ1) is 18.7. The molecule has 0 spiro atoms. The Balaban J connectivity index is 0.951. The van der Waals surface area contributed by atoms with Crippen LogP contribution in [-0.2, 0) is 4.79 Å². The number of hydrogen-bond acceptors (Lipinski definition) is 5. The number of hydrogen-bond donors (Lipinski definition) is 1. The van der Waals surface area contributed by atoms with Crippen LogP contribution >= 0.6 is 0 Å². The fourth-order valence-corrected chi connectivity index (χ4v) is 6.16. The van der Waals surface area contributed by atoms with E-state index in [9.17, 15) is 9.90 Å². The first-order valence-corrected chi connectivity index (χ1v) is 13.3. The number of fused-ring (bicyclic) bond motifs is 6. The molecule has 2 aromatic heterocycles. The SMILES string of the molecule is O=C(COc1ccc2oc3ccccc3c2c1)N1CCC(C(O)CC2c3ccccc3-c3cncn32)CC1. The van der Waals surface area contributed by atoms with Crippen molar-refractivity contribution in [3.8, 4) is 17.0 Å². The van der Waals surface area contributed by atoms with Gasteiger partial charge in [0.25, 0.3) is 5.91 Å². The third-order valence-electron chi connectivity index (χ3n) is 8.21. The molecule has 5 aromatic rings. The summed E-state index contributed by atoms with van der Waals surface area (Å²) in [4.78, 5) is 19.1. The Hall–Kier alpha value is -4.10. The van der Waals surface area contributed by atoms with Crippen LogP contribution in [0, 0.1) is 5.92 Å². The van der Waals surface area contributed by atoms with E-state index in [1.54, 1.807) is 0 Å². The molecular formula is C31H29N3O4. The Bertz CT molecular complexity index is 1630. The zero-order valence-corrected chi connectivity index (χ0v) is 21.0. The molecule has 0 radical (unpaired) electrons. The van der Waals surface area contributed by atoms with E-state index in [-0.39, 0.29) is 24.5 Å². The molecule has 7 nitrogen and oxygen atoms in total. The van der Waals surface area contributed by atoms with Crippen molar-refractivity contribution in [3.05, 3.63) is 84.8 Å². The summed E-state index contributed by atoms with van der Waals surface area (Å²) >= 11 is 0. The number of ether oxygens (including phenoxy) is 1. The first kappa shape index (κ1) is 23.0. The summed E-state index contributed by atoms with van der Waals surface area (Å²) in [5, 5.41) is 13.2. The molecule has 38 heavy (non-hydrogen) atoms. The summed E-state index contributed by atoms with van der Waals surface area (Å²) < 4.78 is 13.9. The Morgan fingerprint density at radius 1 is 1.03 bits per heavy atom. The lowest BCUT2D eigenvalue weighted by Crippen LogP contribution is -2.43. The monoisotopic (exact) mass is 507 g/mol. The van der Waals surface area contributed by atoms with Gasteiger partial charge in [0.05, 0.1) is 30.4 Å². The lowest BCUT2D eigenvalue weighted by atomic mass is 9.86. The van der Waals surface area contributed by atoms with Crippen LogP contribution < -0.4 is 4.74 Å². The number of carbonyl (C=O) groups is 1. The number of carbonyl (C=O) groups excluding carboxylic acids is 1. The molecule has 2 aliphatic heterocycles. The highest BCUT2D eigenvalue weighted by Gasteiger charge is 2.34. The maximum Gasteiger partial charge on any atom is 0.260 e. The van der Waals surface area contributed by atoms with Crippen LogP contribution in [0.4, 0.5) is 0 Å². The van der Waals surface area contributed by atoms with E-state index in [1.807, 2.05) is 66.0 Å². The van der Waals surface area contributed by atoms with Crippen LogP contribution in [0.1, 0.15) is 30.9 Å². The Morgan fingerprint density at radius 2 is 1.82 bits per heavy atom. The van der Waals surface area contributed by atoms with Crippen molar-refractivity contribution in [1.29, 1.82) is 0 Å². The fourth-order valence-electron chi connectivity index (χ4n) is 6.16. The predicted molar refractivity (Wildman–Crippen MR) is 145 cm³/mol. The first-order valence-electron chi connectivity index (χ1n) is 13.3. The third-order valence-corrected chi connectivity index (χ3v) is 8.21. The van der Waals surface area contributed by atoms with Gasteiger partial charge >= 0.3 is 0 Å². The van der Waals surface area contributed by atoms with Crippen molar-refractivity contribution in [3.63, 3.8) is 0 Å². The van der Waals surface area contributed by atoms with Gasteiger partial charge in [0.15, 0.2) is 6.61 Å². The summed E-state index contributed by atoms with van der Waals surface area (Å²) in [6, 6.07) is 22.0. The van der Waals surface area contributed by atoms with Crippen molar-refractivity contribution < 1.29 is 19.1 Å². The average molecular weight is 508 g/mol. The van der Waals surface area contributed by atoms with Gasteiger partial charge in [-0.05, 0) is 55.0 Å². The largest absolute Gasteiger partial charge is 0.484 e. The number of piperidine rings is 1. The zero-order valence-electron chi connectivity index (χ0n) is 21.0. The minimum atomic E-state index is -0.439. The highest BCUT2D eigenvalue weighted by Crippen LogP contribution is 2.42. The van der Waals surface area contributed by atoms with Gasteiger partial charge in [-0.2, -0.15) is 0 Å². The average Bonchev–Trinajstić information content (AvgIpc) is 3.66. The Labute approximate surface area is 220 Å². The van der Waals surface area contributed by atoms with Gasteiger partial charge in [-0.3, -0.25) is 4.79 Å². The number of furan rings is 1. The van der Waals surface area contributed by atoms with Gasteiger partial charge in [0.2, 0.25) is 0 Å². The summed E-state index contributed by atoms with van der Waals surface area (Å²) in [6.07, 6.45) is 5.53. The molecule has 1 fully saturated rings. The Kier molecular flexibility index (Phi) is 5.66.